The van der Waals surface area contributed by atoms with Crippen molar-refractivity contribution in [1.82, 2.24) is 25.2 Å². The van der Waals surface area contributed by atoms with Crippen LogP contribution in [0.3, 0.4) is 0 Å². The smallest absolute Gasteiger partial charge is 0.407 e. The van der Waals surface area contributed by atoms with Crippen molar-refractivity contribution in [3.8, 4) is 17.1 Å². The fourth-order valence-corrected chi connectivity index (χ4v) is 3.81. The number of amides is 1. The fraction of sp³-hybridized carbons (Fsp3) is 0.364. The molecule has 0 spiro atoms. The monoisotopic (exact) mass is 421 g/mol. The molecule has 1 atom stereocenters. The zero-order chi connectivity index (χ0) is 21.2. The predicted molar refractivity (Wildman–Crippen MR) is 113 cm³/mol. The molecule has 2 fully saturated rings. The number of ether oxygens (including phenoxy) is 2. The third-order valence-corrected chi connectivity index (χ3v) is 5.70. The van der Waals surface area contributed by atoms with Crippen molar-refractivity contribution in [2.24, 2.45) is 0 Å². The van der Waals surface area contributed by atoms with Crippen molar-refractivity contribution in [2.75, 3.05) is 39.4 Å². The lowest BCUT2D eigenvalue weighted by Crippen LogP contribution is -2.47. The summed E-state index contributed by atoms with van der Waals surface area (Å²) in [5.41, 5.74) is 4.29. The van der Waals surface area contributed by atoms with Gasteiger partial charge in [-0.2, -0.15) is 0 Å². The van der Waals surface area contributed by atoms with Gasteiger partial charge in [-0.1, -0.05) is 24.3 Å². The van der Waals surface area contributed by atoms with Gasteiger partial charge >= 0.3 is 6.09 Å². The van der Waals surface area contributed by atoms with Crippen molar-refractivity contribution < 1.29 is 19.4 Å². The van der Waals surface area contributed by atoms with E-state index in [0.29, 0.717) is 36.0 Å². The minimum absolute atomic E-state index is 0.180. The molecule has 2 N–H and O–H groups in total. The summed E-state index contributed by atoms with van der Waals surface area (Å²) in [6.07, 6.45) is 1.92. The number of carbonyl (C=O) groups is 1. The maximum atomic E-state index is 11.2. The van der Waals surface area contributed by atoms with Crippen molar-refractivity contribution in [1.29, 1.82) is 0 Å². The molecule has 1 amide bonds. The third kappa shape index (κ3) is 4.14. The third-order valence-electron chi connectivity index (χ3n) is 5.70. The minimum Gasteiger partial charge on any atom is -0.473 e. The van der Waals surface area contributed by atoms with Crippen LogP contribution in [0.4, 0.5) is 4.79 Å². The van der Waals surface area contributed by atoms with Crippen LogP contribution in [-0.2, 0) is 4.74 Å². The van der Waals surface area contributed by atoms with Gasteiger partial charge in [-0.05, 0) is 11.6 Å². The molecule has 2 aliphatic rings. The Balaban J connectivity index is 1.39. The number of pyridine rings is 1. The molecule has 2 saturated heterocycles. The molecule has 9 heteroatoms. The Kier molecular flexibility index (Phi) is 5.35. The lowest BCUT2D eigenvalue weighted by atomic mass is 9.93. The summed E-state index contributed by atoms with van der Waals surface area (Å²) < 4.78 is 11.6. The van der Waals surface area contributed by atoms with Crippen LogP contribution in [0.15, 0.2) is 42.7 Å². The van der Waals surface area contributed by atoms with E-state index in [1.54, 1.807) is 12.4 Å². The van der Waals surface area contributed by atoms with Crippen LogP contribution in [0.25, 0.3) is 22.3 Å². The molecular weight excluding hydrogens is 398 g/mol. The summed E-state index contributed by atoms with van der Waals surface area (Å²) in [5, 5.41) is 12.5. The molecule has 0 aliphatic carbocycles. The number of hydrogen-bond donors (Lipinski definition) is 2. The topological polar surface area (TPSA) is 110 Å². The first-order valence-electron chi connectivity index (χ1n) is 10.3. The van der Waals surface area contributed by atoms with Gasteiger partial charge in [-0.3, -0.25) is 4.98 Å². The summed E-state index contributed by atoms with van der Waals surface area (Å²) in [6.45, 7) is 3.18. The second-order valence-electron chi connectivity index (χ2n) is 7.75. The highest BCUT2D eigenvalue weighted by Crippen LogP contribution is 2.29. The number of carboxylic acid groups (broad SMARTS) is 1. The summed E-state index contributed by atoms with van der Waals surface area (Å²) in [7, 11) is 0. The maximum Gasteiger partial charge on any atom is 0.407 e. The molecule has 0 radical (unpaired) electrons. The van der Waals surface area contributed by atoms with E-state index in [-0.39, 0.29) is 19.3 Å². The average molecular weight is 421 g/mol. The Labute approximate surface area is 179 Å². The van der Waals surface area contributed by atoms with Crippen LogP contribution in [-0.4, -0.2) is 76.5 Å². The first-order valence-corrected chi connectivity index (χ1v) is 10.3. The fourth-order valence-electron chi connectivity index (χ4n) is 3.81. The number of nitrogens with zero attached hydrogens (tertiary/aromatic N) is 4. The van der Waals surface area contributed by atoms with Crippen molar-refractivity contribution in [3.05, 3.63) is 48.3 Å². The Morgan fingerprint density at radius 3 is 2.77 bits per heavy atom. The normalized spacial score (nSPS) is 19.2. The Hall–Kier alpha value is -3.30. The van der Waals surface area contributed by atoms with Gasteiger partial charge in [0.15, 0.2) is 5.52 Å². The summed E-state index contributed by atoms with van der Waals surface area (Å²) in [6, 6.07) is 10.3. The first kappa shape index (κ1) is 19.7. The maximum absolute atomic E-state index is 11.2. The van der Waals surface area contributed by atoms with E-state index in [2.05, 4.69) is 39.6 Å². The molecule has 31 heavy (non-hydrogen) atoms. The van der Waals surface area contributed by atoms with Gasteiger partial charge < -0.3 is 24.8 Å². The van der Waals surface area contributed by atoms with Crippen molar-refractivity contribution in [3.63, 3.8) is 0 Å². The quantitative estimate of drug-likeness (QED) is 0.645. The molecular formula is C22H23N5O4. The van der Waals surface area contributed by atoms with Gasteiger partial charge in [-0.15, -0.1) is 0 Å². The highest BCUT2D eigenvalue weighted by atomic mass is 16.5. The van der Waals surface area contributed by atoms with E-state index in [1.807, 2.05) is 6.07 Å². The number of benzene rings is 1. The molecule has 1 unspecified atom stereocenters. The zero-order valence-electron chi connectivity index (χ0n) is 16.9. The highest BCUT2D eigenvalue weighted by Gasteiger charge is 2.25. The largest absolute Gasteiger partial charge is 0.473 e. The first-order chi connectivity index (χ1) is 15.2. The molecule has 9 nitrogen and oxygen atoms in total. The van der Waals surface area contributed by atoms with Gasteiger partial charge in [0.05, 0.1) is 24.4 Å². The van der Waals surface area contributed by atoms with E-state index in [0.717, 1.165) is 24.3 Å². The number of hydrogen-bond acceptors (Lipinski definition) is 7. The van der Waals surface area contributed by atoms with Gasteiger partial charge in [0.25, 0.3) is 0 Å². The number of nitrogens with one attached hydrogen (secondary N) is 1. The van der Waals surface area contributed by atoms with Crippen LogP contribution in [0, 0.1) is 0 Å². The lowest BCUT2D eigenvalue weighted by Gasteiger charge is -2.30. The molecule has 4 heterocycles. The molecule has 1 aromatic carbocycles. The second kappa shape index (κ2) is 8.44. The van der Waals surface area contributed by atoms with Crippen LogP contribution >= 0.6 is 0 Å². The van der Waals surface area contributed by atoms with Gasteiger partial charge in [0.2, 0.25) is 5.88 Å². The van der Waals surface area contributed by atoms with Gasteiger partial charge in [0, 0.05) is 43.5 Å². The Bertz CT molecular complexity index is 1090. The predicted octanol–water partition coefficient (Wildman–Crippen LogP) is 2.14. The number of rotatable bonds is 5. The van der Waals surface area contributed by atoms with Crippen molar-refractivity contribution in [2.45, 2.75) is 12.0 Å². The lowest BCUT2D eigenvalue weighted by molar-refractivity contribution is -0.0415. The number of fused-ring (bicyclic) bond motifs is 1. The molecule has 3 aromatic rings. The summed E-state index contributed by atoms with van der Waals surface area (Å²) in [5.74, 6) is 0.938. The minimum atomic E-state index is -0.953. The van der Waals surface area contributed by atoms with Crippen LogP contribution in [0.2, 0.25) is 0 Å². The number of aromatic nitrogens is 3. The molecule has 160 valence electrons. The molecule has 2 aliphatic heterocycles. The van der Waals surface area contributed by atoms with Gasteiger partial charge in [0.1, 0.15) is 12.7 Å². The average Bonchev–Trinajstić information content (AvgIpc) is 2.77. The Morgan fingerprint density at radius 1 is 1.23 bits per heavy atom. The molecule has 2 aromatic heterocycles. The van der Waals surface area contributed by atoms with Crippen molar-refractivity contribution >= 4 is 17.1 Å². The van der Waals surface area contributed by atoms with Crippen LogP contribution < -0.4 is 10.1 Å². The summed E-state index contributed by atoms with van der Waals surface area (Å²) >= 11 is 0. The van der Waals surface area contributed by atoms with E-state index >= 15 is 0 Å². The van der Waals surface area contributed by atoms with E-state index in [1.165, 1.54) is 10.5 Å². The molecule has 0 bridgehead atoms. The molecule has 0 saturated carbocycles. The highest BCUT2D eigenvalue weighted by molar-refractivity contribution is 5.83. The van der Waals surface area contributed by atoms with E-state index in [4.69, 9.17) is 14.5 Å². The van der Waals surface area contributed by atoms with E-state index < -0.39 is 6.09 Å². The van der Waals surface area contributed by atoms with Crippen LogP contribution in [0.1, 0.15) is 11.5 Å². The zero-order valence-corrected chi connectivity index (χ0v) is 16.9. The van der Waals surface area contributed by atoms with Crippen LogP contribution in [0.5, 0.6) is 5.88 Å². The van der Waals surface area contributed by atoms with Gasteiger partial charge in [-0.25, -0.2) is 14.8 Å². The number of morpholine rings is 1. The molecule has 5 rings (SSSR count). The SMILES string of the molecule is O=C(O)N1CCOC(COc2nc(-c3ccc(C4CNC4)cc3)cc3nccnc23)C1. The second-order valence-corrected chi connectivity index (χ2v) is 7.75. The Morgan fingerprint density at radius 2 is 2.03 bits per heavy atom. The summed E-state index contributed by atoms with van der Waals surface area (Å²) in [4.78, 5) is 26.1. The standard InChI is InChI=1S/C22H23N5O4/c28-22(29)27-7-8-30-17(12-27)13-31-21-20-19(24-5-6-25-20)9-18(26-21)15-3-1-14(2-4-15)16-10-23-11-16/h1-6,9,16-17,23H,7-8,10-13H2,(H,28,29). The van der Waals surface area contributed by atoms with E-state index in [9.17, 15) is 9.90 Å².